The minimum atomic E-state index is -5.45. The van der Waals surface area contributed by atoms with Gasteiger partial charge < -0.3 is 31.9 Å². The number of benzene rings is 8. The normalized spacial score (nSPS) is 12.3. The molecule has 0 saturated carbocycles. The minimum absolute atomic E-state index is 0. The molecule has 0 spiro atoms. The molecule has 0 aliphatic carbocycles. The summed E-state index contributed by atoms with van der Waals surface area (Å²) in [6.07, 6.45) is 0. The van der Waals surface area contributed by atoms with Gasteiger partial charge in [0.2, 0.25) is 0 Å². The van der Waals surface area contributed by atoms with E-state index in [1.165, 1.54) is 84.9 Å². The molecule has 456 valence electrons. The highest BCUT2D eigenvalue weighted by molar-refractivity contribution is 7.88. The highest BCUT2D eigenvalue weighted by Crippen LogP contribution is 2.39. The molecule has 0 bridgehead atoms. The van der Waals surface area contributed by atoms with Crippen molar-refractivity contribution in [1.82, 2.24) is 0 Å². The maximum absolute atomic E-state index is 13.7. The van der Waals surface area contributed by atoms with Crippen molar-refractivity contribution in [3.8, 4) is 0 Å². The van der Waals surface area contributed by atoms with E-state index in [1.807, 2.05) is 0 Å². The largest absolute Gasteiger partial charge is 0.323 e. The number of anilines is 6. The van der Waals surface area contributed by atoms with E-state index in [2.05, 4.69) is 31.9 Å². The van der Waals surface area contributed by atoms with Gasteiger partial charge in [0.1, 0.15) is 19.6 Å². The number of carbonyl (C=O) groups excluding carboxylic acids is 5. The van der Waals surface area contributed by atoms with Crippen LogP contribution in [-0.4, -0.2) is 107 Å². The molecule has 0 heterocycles. The summed E-state index contributed by atoms with van der Waals surface area (Å²) in [5.74, 6) is -3.56. The smallest absolute Gasteiger partial charge is 0.322 e. The summed E-state index contributed by atoms with van der Waals surface area (Å²) in [4.78, 5) is 60.8. The van der Waals surface area contributed by atoms with Gasteiger partial charge >= 0.3 is 6.03 Å². The number of hydrogen-bond acceptors (Lipinski definition) is 17. The Morgan fingerprint density at radius 1 is 0.326 bits per heavy atom. The van der Waals surface area contributed by atoms with Crippen LogP contribution in [0.15, 0.2) is 163 Å². The monoisotopic (exact) mass is 1300 g/mol. The Bertz CT molecular complexity index is 4730. The number of urea groups is 1. The molecule has 29 nitrogen and oxygen atoms in total. The lowest BCUT2D eigenvalue weighted by molar-refractivity contribution is 0.101. The van der Waals surface area contributed by atoms with Crippen molar-refractivity contribution in [2.45, 2.75) is 43.2 Å². The van der Waals surface area contributed by atoms with Gasteiger partial charge in [0, 0.05) is 72.3 Å². The van der Waals surface area contributed by atoms with Crippen LogP contribution >= 0.6 is 0 Å². The van der Waals surface area contributed by atoms with Gasteiger partial charge in [0.25, 0.3) is 84.3 Å². The number of hydrogen-bond donors (Lipinski definition) is 12. The highest BCUT2D eigenvalue weighted by atomic mass is 32.2. The van der Waals surface area contributed by atoms with E-state index in [4.69, 9.17) is 0 Å². The Hall–Kier alpha value is -9.11. The van der Waals surface area contributed by atoms with Gasteiger partial charge in [-0.25, -0.2) is 4.79 Å². The van der Waals surface area contributed by atoms with Gasteiger partial charge in [-0.2, -0.15) is 50.5 Å². The third-order valence-corrected chi connectivity index (χ3v) is 17.7. The van der Waals surface area contributed by atoms with Crippen molar-refractivity contribution in [2.75, 3.05) is 31.9 Å². The van der Waals surface area contributed by atoms with Crippen LogP contribution in [0.1, 0.15) is 58.3 Å². The Morgan fingerprint density at radius 3 is 0.953 bits per heavy atom. The van der Waals surface area contributed by atoms with Crippen LogP contribution in [0.5, 0.6) is 0 Å². The highest BCUT2D eigenvalue weighted by Gasteiger charge is 2.30. The second-order valence-corrected chi connectivity index (χ2v) is 26.8. The molecule has 0 atom stereocenters. The van der Waals surface area contributed by atoms with Gasteiger partial charge in [-0.05, 0) is 134 Å². The van der Waals surface area contributed by atoms with Crippen molar-refractivity contribution in [1.29, 1.82) is 0 Å². The van der Waals surface area contributed by atoms with Crippen molar-refractivity contribution in [3.63, 3.8) is 0 Å². The minimum Gasteiger partial charge on any atom is -0.322 e. The van der Waals surface area contributed by atoms with E-state index in [0.29, 0.717) is 47.5 Å². The summed E-state index contributed by atoms with van der Waals surface area (Å²) in [7, 11) is -31.9. The summed E-state index contributed by atoms with van der Waals surface area (Å²) in [6, 6.07) is 22.6. The fourth-order valence-corrected chi connectivity index (χ4v) is 12.6. The molecule has 0 aliphatic rings. The fraction of sp³-hybridized carbons (Fsp3) is 0.0392. The zero-order valence-corrected chi connectivity index (χ0v) is 48.2. The summed E-state index contributed by atoms with van der Waals surface area (Å²) in [6.45, 7) is 3.12. The van der Waals surface area contributed by atoms with E-state index < -0.39 is 153 Å². The fourth-order valence-electron chi connectivity index (χ4n) is 8.50. The van der Waals surface area contributed by atoms with Crippen LogP contribution in [0.4, 0.5) is 38.9 Å². The van der Waals surface area contributed by atoms with Crippen LogP contribution in [0.25, 0.3) is 21.5 Å². The first-order valence-corrected chi connectivity index (χ1v) is 32.2. The van der Waals surface area contributed by atoms with Crippen molar-refractivity contribution in [3.05, 3.63) is 167 Å². The lowest BCUT2D eigenvalue weighted by Gasteiger charge is -2.16. The Kier molecular flexibility index (Phi) is 16.9. The first kappa shape index (κ1) is 62.9. The van der Waals surface area contributed by atoms with E-state index in [-0.39, 0.29) is 50.7 Å². The average molecular weight is 1310 g/mol. The second kappa shape index (κ2) is 23.0. The van der Waals surface area contributed by atoms with Gasteiger partial charge in [-0.1, -0.05) is 24.3 Å². The standard InChI is InChI=1S/C51H40N6O23S6.4H2/c1-25-9-11-29(49(60)54-37-13-15-41(83(69,70)71)35-21-33(81(63,64)65)23-43(45(35)37)85(75,76)77)19-39(25)56-47(58)27-5-3-7-31(17-27)52-51(62)53-32-8-4-6-28(18-32)48(59)57-40-20-30(12-10-26(40)2)50(61)55-38-14-16-42(84(72,73)74)36-22-34(82(66,67)68)24-44(46(36)38)86(78,79)80;;;;/h3-24H,1-2H3,(H,54,60)(H,55,61)(H,56,58)(H,57,59)(H2,52,53,62)(H,63,64,65)(H,66,67,68)(H,69,70,71)(H,72,73,74)(H,75,76,77)(H,78,79,80);4*1H. The number of nitrogens with one attached hydrogen (secondary N) is 6. The third kappa shape index (κ3) is 14.0. The molecular formula is C51H48N6O23S6. The Balaban J connectivity index is 0.00000432. The van der Waals surface area contributed by atoms with Gasteiger partial charge in [-0.15, -0.1) is 0 Å². The summed E-state index contributed by atoms with van der Waals surface area (Å²) < 4.78 is 206. The Morgan fingerprint density at radius 2 is 0.640 bits per heavy atom. The molecule has 8 rings (SSSR count). The number of amides is 6. The predicted molar refractivity (Wildman–Crippen MR) is 315 cm³/mol. The maximum Gasteiger partial charge on any atom is 0.323 e. The van der Waals surface area contributed by atoms with E-state index >= 15 is 0 Å². The van der Waals surface area contributed by atoms with Crippen molar-refractivity contribution >= 4 is 146 Å². The number of rotatable bonds is 16. The van der Waals surface area contributed by atoms with Crippen LogP contribution in [-0.2, 0) is 60.7 Å². The van der Waals surface area contributed by atoms with Crippen LogP contribution in [0.3, 0.4) is 0 Å². The zero-order valence-electron chi connectivity index (χ0n) is 43.3. The van der Waals surface area contributed by atoms with Crippen molar-refractivity contribution < 1.29 is 108 Å². The number of aryl methyl sites for hydroxylation is 2. The molecule has 0 aliphatic heterocycles. The molecule has 0 aromatic heterocycles. The van der Waals surface area contributed by atoms with Gasteiger partial charge in [0.15, 0.2) is 0 Å². The molecule has 86 heavy (non-hydrogen) atoms. The number of fused-ring (bicyclic) bond motifs is 2. The second-order valence-electron chi connectivity index (χ2n) is 18.4. The molecule has 0 unspecified atom stereocenters. The lowest BCUT2D eigenvalue weighted by atomic mass is 10.1. The van der Waals surface area contributed by atoms with E-state index in [9.17, 15) is 102 Å². The van der Waals surface area contributed by atoms with E-state index in [1.54, 1.807) is 13.8 Å². The zero-order chi connectivity index (χ0) is 63.4. The first-order chi connectivity index (χ1) is 39.8. The van der Waals surface area contributed by atoms with Crippen LogP contribution in [0, 0.1) is 13.8 Å². The molecule has 35 heteroatoms. The van der Waals surface area contributed by atoms with Crippen LogP contribution in [0.2, 0.25) is 0 Å². The quantitative estimate of drug-likeness (QED) is 0.0412. The molecular weight excluding hydrogens is 1260 g/mol. The molecule has 0 fully saturated rings. The SMILES string of the molecule is Cc1ccc(C(=O)Nc2ccc(S(=O)(=O)O)c3cc(S(=O)(=O)O)cc(S(=O)(=O)O)c23)cc1NC(=O)c1cccc(NC(=O)Nc2cccc(C(=O)Nc3cc(C(=O)Nc4ccc(S(=O)(=O)O)c5cc(S(=O)(=O)O)cc(S(=O)(=O)O)c45)ccc3C)c2)c1.[HH].[HH].[HH].[HH]. The molecule has 8 aromatic rings. The molecule has 8 aromatic carbocycles. The van der Waals surface area contributed by atoms with Crippen molar-refractivity contribution in [2.24, 2.45) is 0 Å². The molecule has 12 N–H and O–H groups in total. The van der Waals surface area contributed by atoms with Gasteiger partial charge in [0.05, 0.1) is 21.2 Å². The third-order valence-electron chi connectivity index (χ3n) is 12.5. The molecule has 0 saturated heterocycles. The summed E-state index contributed by atoms with van der Waals surface area (Å²) >= 11 is 0. The molecule has 6 amide bonds. The predicted octanol–water partition coefficient (Wildman–Crippen LogP) is 7.73. The summed E-state index contributed by atoms with van der Waals surface area (Å²) in [5.41, 5.74) is -0.385. The average Bonchev–Trinajstić information content (AvgIpc) is 0.772. The lowest BCUT2D eigenvalue weighted by Crippen LogP contribution is -2.21. The first-order valence-electron chi connectivity index (χ1n) is 23.6. The topological polar surface area (TPSA) is 484 Å². The van der Waals surface area contributed by atoms with E-state index in [0.717, 1.165) is 12.1 Å². The maximum atomic E-state index is 13.7. The number of carbonyl (C=O) groups is 5. The Labute approximate surface area is 492 Å². The molecule has 0 radical (unpaired) electrons. The van der Waals surface area contributed by atoms with Gasteiger partial charge in [-0.3, -0.25) is 46.5 Å². The van der Waals surface area contributed by atoms with Crippen LogP contribution < -0.4 is 31.9 Å². The summed E-state index contributed by atoms with van der Waals surface area (Å²) in [5, 5.41) is 11.8.